The molecule has 298 valence electrons. The lowest BCUT2D eigenvalue weighted by Crippen LogP contribution is -2.46. The van der Waals surface area contributed by atoms with Crippen LogP contribution in [0.3, 0.4) is 0 Å². The predicted molar refractivity (Wildman–Crippen MR) is 216 cm³/mol. The van der Waals surface area contributed by atoms with Gasteiger partial charge in [0.05, 0.1) is 39.5 Å². The number of methoxy groups -OCH3 is 2. The molecular formula is C41H45Cl2N3O9S. The predicted octanol–water partition coefficient (Wildman–Crippen LogP) is 8.46. The van der Waals surface area contributed by atoms with Gasteiger partial charge in [-0.3, -0.25) is 19.2 Å². The fourth-order valence-electron chi connectivity index (χ4n) is 6.37. The van der Waals surface area contributed by atoms with Gasteiger partial charge in [0.1, 0.15) is 12.2 Å². The van der Waals surface area contributed by atoms with Gasteiger partial charge in [-0.25, -0.2) is 4.98 Å². The molecule has 1 aromatic heterocycles. The Bertz CT molecular complexity index is 2050. The van der Waals surface area contributed by atoms with Gasteiger partial charge in [0.2, 0.25) is 5.91 Å². The van der Waals surface area contributed by atoms with Gasteiger partial charge in [0.15, 0.2) is 16.6 Å². The third-order valence-electron chi connectivity index (χ3n) is 8.90. The highest BCUT2D eigenvalue weighted by molar-refractivity contribution is 7.16. The smallest absolute Gasteiger partial charge is 0.305 e. The number of hydrogen-bond acceptors (Lipinski definition) is 11. The van der Waals surface area contributed by atoms with E-state index >= 15 is 0 Å². The lowest BCUT2D eigenvalue weighted by Gasteiger charge is -2.33. The van der Waals surface area contributed by atoms with Gasteiger partial charge in [-0.2, -0.15) is 0 Å². The molecule has 3 aromatic carbocycles. The number of benzene rings is 3. The lowest BCUT2D eigenvalue weighted by molar-refractivity contribution is -0.144. The molecule has 4 aromatic rings. The maximum atomic E-state index is 14.7. The van der Waals surface area contributed by atoms with Crippen molar-refractivity contribution >= 4 is 69.1 Å². The molecule has 0 saturated heterocycles. The number of nitrogens with zero attached hydrogens (tertiary/aromatic N) is 2. The highest BCUT2D eigenvalue weighted by atomic mass is 35.5. The van der Waals surface area contributed by atoms with Gasteiger partial charge < -0.3 is 33.9 Å². The zero-order chi connectivity index (χ0) is 40.6. The maximum Gasteiger partial charge on any atom is 0.305 e. The molecule has 56 heavy (non-hydrogen) atoms. The maximum absolute atomic E-state index is 14.7. The molecule has 5 rings (SSSR count). The highest BCUT2D eigenvalue weighted by Crippen LogP contribution is 2.46. The van der Waals surface area contributed by atoms with Crippen LogP contribution in [0.25, 0.3) is 11.3 Å². The second-order valence-corrected chi connectivity index (χ2v) is 15.8. The van der Waals surface area contributed by atoms with E-state index in [1.165, 1.54) is 32.5 Å². The van der Waals surface area contributed by atoms with Crippen LogP contribution in [0.1, 0.15) is 69.1 Å². The molecule has 1 aliphatic rings. The quantitative estimate of drug-likeness (QED) is 0.109. The van der Waals surface area contributed by atoms with Gasteiger partial charge in [-0.1, -0.05) is 61.3 Å². The number of rotatable bonds is 16. The number of para-hydroxylation sites is 1. The zero-order valence-electron chi connectivity index (χ0n) is 32.1. The van der Waals surface area contributed by atoms with Crippen LogP contribution in [0, 0.1) is 5.41 Å². The van der Waals surface area contributed by atoms with E-state index in [1.807, 2.05) is 26.0 Å². The van der Waals surface area contributed by atoms with E-state index in [1.54, 1.807) is 60.4 Å². The standard InChI is InChI=1S/C41H45Cl2N3O9S/c1-7-53-35(49)13-9-12-33-36(25-14-16-26(42)17-15-25)45-40(56-33)44-34(48)21-32-39(50)46(22-41(3,4)23-54-24(2)47)30-19-18-27(43)20-29(30)37(55-32)28-10-8-11-31(51-5)38(28)52-6/h8,10-11,14-20,32,37H,7,9,12-13,21-23H2,1-6H3,(H,44,45,48)/t32-,37-/m1/s1. The molecule has 0 saturated carbocycles. The topological polar surface area (TPSA) is 143 Å². The number of ether oxygens (including phenoxy) is 5. The van der Waals surface area contributed by atoms with E-state index < -0.39 is 35.4 Å². The number of anilines is 2. The van der Waals surface area contributed by atoms with Crippen molar-refractivity contribution in [3.63, 3.8) is 0 Å². The summed E-state index contributed by atoms with van der Waals surface area (Å²) in [6.07, 6.45) is -1.35. The number of aryl methyl sites for hydroxylation is 1. The van der Waals surface area contributed by atoms with Crippen LogP contribution in [0.2, 0.25) is 10.0 Å². The van der Waals surface area contributed by atoms with Crippen molar-refractivity contribution in [1.82, 2.24) is 4.98 Å². The second-order valence-electron chi connectivity index (χ2n) is 13.9. The van der Waals surface area contributed by atoms with Gasteiger partial charge in [-0.15, -0.1) is 11.3 Å². The molecule has 2 heterocycles. The summed E-state index contributed by atoms with van der Waals surface area (Å²) >= 11 is 14.0. The minimum absolute atomic E-state index is 0.0380. The molecule has 0 unspecified atom stereocenters. The van der Waals surface area contributed by atoms with Crippen LogP contribution in [0.4, 0.5) is 10.8 Å². The summed E-state index contributed by atoms with van der Waals surface area (Å²) < 4.78 is 28.5. The molecule has 0 bridgehead atoms. The summed E-state index contributed by atoms with van der Waals surface area (Å²) in [4.78, 5) is 59.7. The Morgan fingerprint density at radius 1 is 0.982 bits per heavy atom. The molecule has 0 radical (unpaired) electrons. The number of nitrogens with one attached hydrogen (secondary N) is 1. The van der Waals surface area contributed by atoms with Crippen molar-refractivity contribution in [2.45, 2.75) is 65.6 Å². The largest absolute Gasteiger partial charge is 0.493 e. The minimum Gasteiger partial charge on any atom is -0.493 e. The first-order valence-electron chi connectivity index (χ1n) is 18.0. The van der Waals surface area contributed by atoms with E-state index in [4.69, 9.17) is 51.9 Å². The number of hydrogen-bond donors (Lipinski definition) is 1. The third-order valence-corrected chi connectivity index (χ3v) is 10.4. The van der Waals surface area contributed by atoms with Gasteiger partial charge in [0, 0.05) is 62.6 Å². The summed E-state index contributed by atoms with van der Waals surface area (Å²) in [6.45, 7) is 7.29. The number of halogens is 2. The fourth-order valence-corrected chi connectivity index (χ4v) is 7.72. The summed E-state index contributed by atoms with van der Waals surface area (Å²) in [6, 6.07) is 17.6. The molecule has 1 aliphatic heterocycles. The van der Waals surface area contributed by atoms with E-state index in [9.17, 15) is 19.2 Å². The first-order chi connectivity index (χ1) is 26.7. The highest BCUT2D eigenvalue weighted by Gasteiger charge is 2.41. The Hall–Kier alpha value is -4.69. The monoisotopic (exact) mass is 825 g/mol. The van der Waals surface area contributed by atoms with Crippen LogP contribution in [0.5, 0.6) is 11.5 Å². The first-order valence-corrected chi connectivity index (χ1v) is 19.6. The van der Waals surface area contributed by atoms with E-state index in [0.29, 0.717) is 68.6 Å². The summed E-state index contributed by atoms with van der Waals surface area (Å²) in [5.41, 5.74) is 2.34. The van der Waals surface area contributed by atoms with E-state index in [0.717, 1.165) is 10.4 Å². The van der Waals surface area contributed by atoms with Crippen LogP contribution in [-0.2, 0) is 39.8 Å². The molecule has 0 spiro atoms. The molecule has 0 fully saturated rings. The van der Waals surface area contributed by atoms with Crippen molar-refractivity contribution in [3.05, 3.63) is 86.7 Å². The Morgan fingerprint density at radius 2 is 1.71 bits per heavy atom. The van der Waals surface area contributed by atoms with E-state index in [2.05, 4.69) is 5.32 Å². The number of carbonyl (C=O) groups is 4. The number of fused-ring (bicyclic) bond motifs is 1. The Labute approximate surface area is 340 Å². The van der Waals surface area contributed by atoms with Crippen molar-refractivity contribution in [2.24, 2.45) is 5.41 Å². The SMILES string of the molecule is CCOC(=O)CCCc1sc(NC(=O)C[C@H]2O[C@H](c3cccc(OC)c3OC)c3cc(Cl)ccc3N(CC(C)(C)COC(C)=O)C2=O)nc1-c1ccc(Cl)cc1. The van der Waals surface area contributed by atoms with Crippen LogP contribution >= 0.6 is 34.5 Å². The summed E-state index contributed by atoms with van der Waals surface area (Å²) in [5, 5.41) is 4.17. The molecule has 15 heteroatoms. The molecule has 0 aliphatic carbocycles. The van der Waals surface area contributed by atoms with Gasteiger partial charge >= 0.3 is 11.9 Å². The zero-order valence-corrected chi connectivity index (χ0v) is 34.4. The van der Waals surface area contributed by atoms with Crippen LogP contribution in [-0.4, -0.2) is 68.8 Å². The molecule has 2 amide bonds. The third kappa shape index (κ3) is 10.6. The Kier molecular flexibility index (Phi) is 14.4. The molecular weight excluding hydrogens is 781 g/mol. The van der Waals surface area contributed by atoms with Crippen molar-refractivity contribution in [2.75, 3.05) is 44.2 Å². The minimum atomic E-state index is -1.30. The van der Waals surface area contributed by atoms with Gasteiger partial charge in [-0.05, 0) is 56.2 Å². The van der Waals surface area contributed by atoms with Gasteiger partial charge in [0.25, 0.3) is 5.91 Å². The fraction of sp³-hybridized carbons (Fsp3) is 0.390. The average molecular weight is 827 g/mol. The number of esters is 2. The Morgan fingerprint density at radius 3 is 2.39 bits per heavy atom. The molecule has 2 atom stereocenters. The number of thiazole rings is 1. The normalized spacial score (nSPS) is 15.4. The van der Waals surface area contributed by atoms with Crippen molar-refractivity contribution in [1.29, 1.82) is 0 Å². The van der Waals surface area contributed by atoms with Crippen molar-refractivity contribution < 1.29 is 42.9 Å². The number of carbonyl (C=O) groups excluding carboxylic acids is 4. The number of amides is 2. The molecule has 12 nitrogen and oxygen atoms in total. The second kappa shape index (κ2) is 19.0. The van der Waals surface area contributed by atoms with Crippen molar-refractivity contribution in [3.8, 4) is 22.8 Å². The van der Waals surface area contributed by atoms with E-state index in [-0.39, 0.29) is 32.0 Å². The Balaban J connectivity index is 1.51. The first kappa shape index (κ1) is 42.5. The number of aromatic nitrogens is 1. The molecule has 1 N–H and O–H groups in total. The van der Waals surface area contributed by atoms with Crippen LogP contribution in [0.15, 0.2) is 60.7 Å². The average Bonchev–Trinajstić information content (AvgIpc) is 3.52. The summed E-state index contributed by atoms with van der Waals surface area (Å²) in [5.74, 6) is -0.899. The lowest BCUT2D eigenvalue weighted by atomic mass is 9.92. The van der Waals surface area contributed by atoms with Crippen LogP contribution < -0.4 is 19.7 Å². The summed E-state index contributed by atoms with van der Waals surface area (Å²) in [7, 11) is 3.03.